The smallest absolute Gasteiger partial charge is 0.231 e. The number of rotatable bonds is 7. The van der Waals surface area contributed by atoms with Gasteiger partial charge in [-0.3, -0.25) is 4.79 Å². The number of nitrogens with one attached hydrogen (secondary N) is 1. The molecule has 1 aliphatic carbocycles. The van der Waals surface area contributed by atoms with Crippen LogP contribution in [0.3, 0.4) is 0 Å². The lowest BCUT2D eigenvalue weighted by molar-refractivity contribution is -0.120. The molecule has 0 spiro atoms. The van der Waals surface area contributed by atoms with Crippen LogP contribution >= 0.6 is 11.8 Å². The van der Waals surface area contributed by atoms with Crippen molar-refractivity contribution in [1.29, 1.82) is 5.26 Å². The first-order valence-electron chi connectivity index (χ1n) is 7.69. The molecule has 6 nitrogen and oxygen atoms in total. The van der Waals surface area contributed by atoms with Crippen molar-refractivity contribution in [3.05, 3.63) is 5.82 Å². The van der Waals surface area contributed by atoms with Gasteiger partial charge in [-0.1, -0.05) is 25.6 Å². The van der Waals surface area contributed by atoms with Crippen LogP contribution in [-0.4, -0.2) is 32.0 Å². The Labute approximate surface area is 135 Å². The molecule has 1 heterocycles. The van der Waals surface area contributed by atoms with E-state index in [4.69, 9.17) is 0 Å². The fourth-order valence-electron chi connectivity index (χ4n) is 2.10. The molecule has 0 aliphatic heterocycles. The molecule has 0 aromatic carbocycles. The predicted octanol–water partition coefficient (Wildman–Crippen LogP) is 2.32. The van der Waals surface area contributed by atoms with E-state index in [1.165, 1.54) is 24.6 Å². The van der Waals surface area contributed by atoms with Crippen LogP contribution in [0.5, 0.6) is 0 Å². The third kappa shape index (κ3) is 3.61. The van der Waals surface area contributed by atoms with Crippen LogP contribution in [0.1, 0.15) is 52.3 Å². The zero-order valence-corrected chi connectivity index (χ0v) is 14.4. The first-order chi connectivity index (χ1) is 10.4. The lowest BCUT2D eigenvalue weighted by atomic mass is 9.90. The maximum Gasteiger partial charge on any atom is 0.231 e. The van der Waals surface area contributed by atoms with Crippen LogP contribution in [-0.2, 0) is 11.3 Å². The monoisotopic (exact) mass is 321 g/mol. The molecule has 2 rings (SSSR count). The Morgan fingerprint density at radius 2 is 2.23 bits per heavy atom. The number of carbonyl (C=O) groups excluding carboxylic acids is 1. The highest BCUT2D eigenvalue weighted by molar-refractivity contribution is 7.99. The first-order valence-corrected chi connectivity index (χ1v) is 8.68. The topological polar surface area (TPSA) is 83.6 Å². The molecule has 0 saturated heterocycles. The van der Waals surface area contributed by atoms with Gasteiger partial charge in [0.2, 0.25) is 5.91 Å². The Balaban J connectivity index is 1.96. The van der Waals surface area contributed by atoms with Crippen molar-refractivity contribution in [3.63, 3.8) is 0 Å². The first kappa shape index (κ1) is 16.8. The largest absolute Gasteiger partial charge is 0.337 e. The molecule has 22 heavy (non-hydrogen) atoms. The minimum absolute atomic E-state index is 0.0483. The van der Waals surface area contributed by atoms with Gasteiger partial charge >= 0.3 is 0 Å². The van der Waals surface area contributed by atoms with E-state index in [0.717, 1.165) is 17.5 Å². The average Bonchev–Trinajstić information content (AvgIpc) is 3.24. The van der Waals surface area contributed by atoms with Crippen molar-refractivity contribution in [2.75, 3.05) is 5.75 Å². The van der Waals surface area contributed by atoms with Gasteiger partial charge in [0, 0.05) is 12.5 Å². The summed E-state index contributed by atoms with van der Waals surface area (Å²) in [5.41, 5.74) is -0.838. The van der Waals surface area contributed by atoms with Crippen LogP contribution in [0.2, 0.25) is 0 Å². The minimum Gasteiger partial charge on any atom is -0.337 e. The summed E-state index contributed by atoms with van der Waals surface area (Å²) in [6.07, 6.45) is 2.36. The van der Waals surface area contributed by atoms with E-state index in [1.807, 2.05) is 13.8 Å². The van der Waals surface area contributed by atoms with Gasteiger partial charge in [-0.05, 0) is 32.6 Å². The van der Waals surface area contributed by atoms with E-state index >= 15 is 0 Å². The second-order valence-electron chi connectivity index (χ2n) is 6.17. The van der Waals surface area contributed by atoms with Gasteiger partial charge < -0.3 is 9.88 Å². The molecular weight excluding hydrogens is 298 g/mol. The lowest BCUT2D eigenvalue weighted by Crippen LogP contribution is -2.49. The third-order valence-electron chi connectivity index (χ3n) is 4.12. The zero-order valence-electron chi connectivity index (χ0n) is 13.6. The fourth-order valence-corrected chi connectivity index (χ4v) is 2.91. The maximum atomic E-state index is 12.1. The molecule has 0 bridgehead atoms. The summed E-state index contributed by atoms with van der Waals surface area (Å²) in [7, 11) is 0. The fraction of sp³-hybridized carbons (Fsp3) is 0.733. The van der Waals surface area contributed by atoms with Crippen molar-refractivity contribution in [2.45, 2.75) is 63.7 Å². The van der Waals surface area contributed by atoms with Crippen molar-refractivity contribution in [3.8, 4) is 6.07 Å². The Morgan fingerprint density at radius 3 is 2.73 bits per heavy atom. The van der Waals surface area contributed by atoms with Crippen molar-refractivity contribution in [2.24, 2.45) is 5.92 Å². The van der Waals surface area contributed by atoms with E-state index < -0.39 is 5.54 Å². The quantitative estimate of drug-likeness (QED) is 0.779. The molecule has 1 atom stereocenters. The summed E-state index contributed by atoms with van der Waals surface area (Å²) >= 11 is 1.38. The van der Waals surface area contributed by atoms with Crippen LogP contribution in [0.25, 0.3) is 0 Å². The highest BCUT2D eigenvalue weighted by Crippen LogP contribution is 2.39. The van der Waals surface area contributed by atoms with Gasteiger partial charge in [-0.15, -0.1) is 10.2 Å². The standard InChI is InChI=1S/C15H23N5OS/c1-5-20-13(11-6-7-11)18-19-14(20)22-8-12(21)17-15(4,9-16)10(2)3/h10-11H,5-8H2,1-4H3,(H,17,21)/t15-/m1/s1. The molecule has 7 heteroatoms. The molecule has 1 aromatic heterocycles. The predicted molar refractivity (Wildman–Crippen MR) is 85.4 cm³/mol. The third-order valence-corrected chi connectivity index (χ3v) is 5.09. The van der Waals surface area contributed by atoms with Gasteiger partial charge in [0.1, 0.15) is 11.4 Å². The van der Waals surface area contributed by atoms with Crippen LogP contribution in [0, 0.1) is 17.2 Å². The second kappa shape index (κ2) is 6.69. The molecular formula is C15H23N5OS. The Morgan fingerprint density at radius 1 is 1.55 bits per heavy atom. The molecule has 1 saturated carbocycles. The summed E-state index contributed by atoms with van der Waals surface area (Å²) in [5, 5.41) is 21.3. The van der Waals surface area contributed by atoms with E-state index in [0.29, 0.717) is 5.92 Å². The average molecular weight is 321 g/mol. The molecule has 120 valence electrons. The zero-order chi connectivity index (χ0) is 16.3. The molecule has 1 amide bonds. The number of carbonyl (C=O) groups is 1. The summed E-state index contributed by atoms with van der Waals surface area (Å²) in [5.74, 6) is 1.72. The number of aromatic nitrogens is 3. The lowest BCUT2D eigenvalue weighted by Gasteiger charge is -2.27. The van der Waals surface area contributed by atoms with Crippen molar-refractivity contribution >= 4 is 17.7 Å². The number of amides is 1. The SMILES string of the molecule is CCn1c(SCC(=O)N[C@](C)(C#N)C(C)C)nnc1C1CC1. The van der Waals surface area contributed by atoms with Crippen molar-refractivity contribution in [1.82, 2.24) is 20.1 Å². The molecule has 1 fully saturated rings. The number of nitriles is 1. The highest BCUT2D eigenvalue weighted by Gasteiger charge is 2.31. The summed E-state index contributed by atoms with van der Waals surface area (Å²) in [6, 6.07) is 2.18. The Kier molecular flexibility index (Phi) is 5.12. The summed E-state index contributed by atoms with van der Waals surface area (Å²) in [4.78, 5) is 12.1. The van der Waals surface area contributed by atoms with Crippen LogP contribution in [0.4, 0.5) is 0 Å². The van der Waals surface area contributed by atoms with Gasteiger partial charge in [-0.2, -0.15) is 5.26 Å². The summed E-state index contributed by atoms with van der Waals surface area (Å²) in [6.45, 7) is 8.47. The molecule has 1 aromatic rings. The number of thioether (sulfide) groups is 1. The van der Waals surface area contributed by atoms with Crippen LogP contribution < -0.4 is 5.32 Å². The van der Waals surface area contributed by atoms with E-state index in [-0.39, 0.29) is 17.6 Å². The van der Waals surface area contributed by atoms with Gasteiger partial charge in [0.05, 0.1) is 11.8 Å². The highest BCUT2D eigenvalue weighted by atomic mass is 32.2. The van der Waals surface area contributed by atoms with Gasteiger partial charge in [0.25, 0.3) is 0 Å². The van der Waals surface area contributed by atoms with E-state index in [1.54, 1.807) is 6.92 Å². The van der Waals surface area contributed by atoms with Gasteiger partial charge in [-0.25, -0.2) is 0 Å². The Bertz CT molecular complexity index is 587. The number of nitrogens with zero attached hydrogens (tertiary/aromatic N) is 4. The molecule has 1 N–H and O–H groups in total. The normalized spacial score (nSPS) is 17.1. The van der Waals surface area contributed by atoms with Gasteiger partial charge in [0.15, 0.2) is 5.16 Å². The number of hydrogen-bond acceptors (Lipinski definition) is 5. The second-order valence-corrected chi connectivity index (χ2v) is 7.11. The van der Waals surface area contributed by atoms with Crippen molar-refractivity contribution < 1.29 is 4.79 Å². The molecule has 0 unspecified atom stereocenters. The summed E-state index contributed by atoms with van der Waals surface area (Å²) < 4.78 is 2.08. The molecule has 0 radical (unpaired) electrons. The number of hydrogen-bond donors (Lipinski definition) is 1. The molecule has 1 aliphatic rings. The van der Waals surface area contributed by atoms with E-state index in [9.17, 15) is 10.1 Å². The van der Waals surface area contributed by atoms with Crippen LogP contribution in [0.15, 0.2) is 5.16 Å². The Hall–Kier alpha value is -1.55. The maximum absolute atomic E-state index is 12.1. The minimum atomic E-state index is -0.838. The van der Waals surface area contributed by atoms with E-state index in [2.05, 4.69) is 33.1 Å².